The fourth-order valence-electron chi connectivity index (χ4n) is 3.63. The van der Waals surface area contributed by atoms with Gasteiger partial charge in [-0.25, -0.2) is 0 Å². The van der Waals surface area contributed by atoms with Crippen LogP contribution in [-0.2, 0) is 4.79 Å². The van der Waals surface area contributed by atoms with Crippen molar-refractivity contribution in [2.45, 2.75) is 46.1 Å². The molecule has 0 aromatic carbocycles. The van der Waals surface area contributed by atoms with Crippen LogP contribution in [0.15, 0.2) is 0 Å². The topological polar surface area (TPSA) is 20.3 Å². The Kier molecular flexibility index (Phi) is 1.73. The summed E-state index contributed by atoms with van der Waals surface area (Å²) in [7, 11) is 0. The third-order valence-electron chi connectivity index (χ3n) is 3.59. The summed E-state index contributed by atoms with van der Waals surface area (Å²) in [4.78, 5) is 12.8. The van der Waals surface area contributed by atoms with E-state index in [0.29, 0.717) is 16.9 Å². The smallest absolute Gasteiger partial charge is 0.209 e. The molecule has 2 atom stereocenters. The Bertz CT molecular complexity index is 236. The first-order valence-corrected chi connectivity index (χ1v) is 5.15. The Morgan fingerprint density at radius 3 is 2.62 bits per heavy atom. The fourth-order valence-corrected chi connectivity index (χ4v) is 3.63. The predicted molar refractivity (Wildman–Crippen MR) is 52.3 cm³/mol. The standard InChI is InChI=1S/C11H19NO/c1-10(2)4-9-5-11(3,6-10)7-12(9)8-13/h8-9H,4-7H2,1-3H3/t9-,11-/m1/s1. The molecule has 1 saturated carbocycles. The van der Waals surface area contributed by atoms with Gasteiger partial charge in [-0.3, -0.25) is 4.79 Å². The van der Waals surface area contributed by atoms with Gasteiger partial charge in [-0.1, -0.05) is 20.8 Å². The van der Waals surface area contributed by atoms with Crippen molar-refractivity contribution in [2.75, 3.05) is 6.54 Å². The normalized spacial score (nSPS) is 42.1. The first-order chi connectivity index (χ1) is 5.94. The zero-order valence-corrected chi connectivity index (χ0v) is 8.84. The molecule has 2 heteroatoms. The average molecular weight is 181 g/mol. The van der Waals surface area contributed by atoms with Gasteiger partial charge in [-0.15, -0.1) is 0 Å². The molecule has 2 bridgehead atoms. The molecule has 0 spiro atoms. The van der Waals surface area contributed by atoms with Crippen molar-refractivity contribution in [2.24, 2.45) is 10.8 Å². The number of hydrogen-bond donors (Lipinski definition) is 0. The Morgan fingerprint density at radius 1 is 1.31 bits per heavy atom. The van der Waals surface area contributed by atoms with Crippen LogP contribution in [0.2, 0.25) is 0 Å². The number of carbonyl (C=O) groups is 1. The Balaban J connectivity index is 2.23. The van der Waals surface area contributed by atoms with Gasteiger partial charge in [0.1, 0.15) is 0 Å². The molecule has 0 aromatic heterocycles. The van der Waals surface area contributed by atoms with E-state index in [1.807, 2.05) is 4.90 Å². The molecule has 1 amide bonds. The van der Waals surface area contributed by atoms with E-state index in [1.54, 1.807) is 0 Å². The van der Waals surface area contributed by atoms with Gasteiger partial charge >= 0.3 is 0 Å². The Morgan fingerprint density at radius 2 is 2.00 bits per heavy atom. The first kappa shape index (κ1) is 9.04. The largest absolute Gasteiger partial charge is 0.342 e. The second-order valence-electron chi connectivity index (χ2n) is 5.99. The van der Waals surface area contributed by atoms with Crippen molar-refractivity contribution in [3.05, 3.63) is 0 Å². The molecule has 0 N–H and O–H groups in total. The highest BCUT2D eigenvalue weighted by molar-refractivity contribution is 5.49. The van der Waals surface area contributed by atoms with E-state index >= 15 is 0 Å². The second kappa shape index (κ2) is 2.49. The van der Waals surface area contributed by atoms with Crippen molar-refractivity contribution in [3.63, 3.8) is 0 Å². The lowest BCUT2D eigenvalue weighted by Crippen LogP contribution is -2.34. The number of fused-ring (bicyclic) bond motifs is 2. The molecule has 74 valence electrons. The van der Waals surface area contributed by atoms with E-state index < -0.39 is 0 Å². The molecule has 1 saturated heterocycles. The summed E-state index contributed by atoms with van der Waals surface area (Å²) in [6.07, 6.45) is 4.70. The van der Waals surface area contributed by atoms with E-state index in [-0.39, 0.29) is 0 Å². The van der Waals surface area contributed by atoms with Gasteiger partial charge in [0, 0.05) is 12.6 Å². The molecule has 2 fully saturated rings. The number of amides is 1. The molecular weight excluding hydrogens is 162 g/mol. The lowest BCUT2D eigenvalue weighted by Gasteiger charge is -2.39. The van der Waals surface area contributed by atoms with Crippen LogP contribution >= 0.6 is 0 Å². The minimum Gasteiger partial charge on any atom is -0.342 e. The Labute approximate surface area is 80.3 Å². The van der Waals surface area contributed by atoms with E-state index in [2.05, 4.69) is 20.8 Å². The van der Waals surface area contributed by atoms with Crippen molar-refractivity contribution in [3.8, 4) is 0 Å². The zero-order valence-electron chi connectivity index (χ0n) is 8.84. The number of rotatable bonds is 1. The summed E-state index contributed by atoms with van der Waals surface area (Å²) in [5.41, 5.74) is 0.822. The molecule has 1 heterocycles. The maximum Gasteiger partial charge on any atom is 0.209 e. The minimum atomic E-state index is 0.396. The van der Waals surface area contributed by atoms with E-state index in [9.17, 15) is 4.79 Å². The van der Waals surface area contributed by atoms with Crippen molar-refractivity contribution < 1.29 is 4.79 Å². The van der Waals surface area contributed by atoms with E-state index in [1.165, 1.54) is 19.3 Å². The molecule has 2 aliphatic rings. The summed E-state index contributed by atoms with van der Waals surface area (Å²) in [5.74, 6) is 0. The summed E-state index contributed by atoms with van der Waals surface area (Å²) >= 11 is 0. The van der Waals surface area contributed by atoms with Crippen LogP contribution in [0, 0.1) is 10.8 Å². The summed E-state index contributed by atoms with van der Waals surface area (Å²) in [6, 6.07) is 0.520. The van der Waals surface area contributed by atoms with Gasteiger partial charge in [-0.05, 0) is 30.1 Å². The van der Waals surface area contributed by atoms with Crippen LogP contribution in [0.1, 0.15) is 40.0 Å². The quantitative estimate of drug-likeness (QED) is 0.567. The molecule has 1 aliphatic carbocycles. The van der Waals surface area contributed by atoms with Crippen LogP contribution in [0.5, 0.6) is 0 Å². The second-order valence-corrected chi connectivity index (χ2v) is 5.99. The van der Waals surface area contributed by atoms with Crippen molar-refractivity contribution >= 4 is 6.41 Å². The van der Waals surface area contributed by atoms with Crippen LogP contribution < -0.4 is 0 Å². The van der Waals surface area contributed by atoms with Crippen molar-refractivity contribution in [1.29, 1.82) is 0 Å². The third kappa shape index (κ3) is 1.47. The zero-order chi connectivity index (χ0) is 9.69. The van der Waals surface area contributed by atoms with Crippen molar-refractivity contribution in [1.82, 2.24) is 4.90 Å². The molecular formula is C11H19NO. The predicted octanol–water partition coefficient (Wildman–Crippen LogP) is 2.04. The van der Waals surface area contributed by atoms with Gasteiger partial charge < -0.3 is 4.90 Å². The monoisotopic (exact) mass is 181 g/mol. The fraction of sp³-hybridized carbons (Fsp3) is 0.909. The maximum atomic E-state index is 10.8. The molecule has 0 radical (unpaired) electrons. The maximum absolute atomic E-state index is 10.8. The van der Waals surface area contributed by atoms with Gasteiger partial charge in [-0.2, -0.15) is 0 Å². The molecule has 2 rings (SSSR count). The van der Waals surface area contributed by atoms with E-state index in [4.69, 9.17) is 0 Å². The average Bonchev–Trinajstić information content (AvgIpc) is 2.19. The summed E-state index contributed by atoms with van der Waals surface area (Å²) in [6.45, 7) is 7.95. The SMILES string of the molecule is CC1(C)C[C@@H]2C[C@@](C)(CN2C=O)C1. The summed E-state index contributed by atoms with van der Waals surface area (Å²) < 4.78 is 0. The number of hydrogen-bond acceptors (Lipinski definition) is 1. The van der Waals surface area contributed by atoms with Crippen LogP contribution in [0.4, 0.5) is 0 Å². The summed E-state index contributed by atoms with van der Waals surface area (Å²) in [5, 5.41) is 0. The highest BCUT2D eigenvalue weighted by atomic mass is 16.1. The van der Waals surface area contributed by atoms with Crippen LogP contribution in [0.3, 0.4) is 0 Å². The van der Waals surface area contributed by atoms with Gasteiger partial charge in [0.25, 0.3) is 0 Å². The van der Waals surface area contributed by atoms with Gasteiger partial charge in [0.2, 0.25) is 6.41 Å². The van der Waals surface area contributed by atoms with Gasteiger partial charge in [0.05, 0.1) is 0 Å². The highest BCUT2D eigenvalue weighted by Gasteiger charge is 2.49. The molecule has 0 aromatic rings. The number of likely N-dealkylation sites (tertiary alicyclic amines) is 1. The van der Waals surface area contributed by atoms with E-state index in [0.717, 1.165) is 13.0 Å². The van der Waals surface area contributed by atoms with Gasteiger partial charge in [0.15, 0.2) is 0 Å². The lowest BCUT2D eigenvalue weighted by atomic mass is 9.65. The minimum absolute atomic E-state index is 0.396. The number of nitrogens with zero attached hydrogens (tertiary/aromatic N) is 1. The number of carbonyl (C=O) groups excluding carboxylic acids is 1. The highest BCUT2D eigenvalue weighted by Crippen LogP contribution is 2.51. The molecule has 2 nitrogen and oxygen atoms in total. The lowest BCUT2D eigenvalue weighted by molar-refractivity contribution is -0.119. The Hall–Kier alpha value is -0.530. The first-order valence-electron chi connectivity index (χ1n) is 5.15. The molecule has 13 heavy (non-hydrogen) atoms. The third-order valence-corrected chi connectivity index (χ3v) is 3.59. The molecule has 1 aliphatic heterocycles. The molecule has 0 unspecified atom stereocenters. The van der Waals surface area contributed by atoms with Crippen LogP contribution in [0.25, 0.3) is 0 Å². The van der Waals surface area contributed by atoms with Crippen LogP contribution in [-0.4, -0.2) is 23.9 Å².